The Morgan fingerprint density at radius 2 is 2.37 bits per heavy atom. The van der Waals surface area contributed by atoms with Gasteiger partial charge in [-0.05, 0) is 6.92 Å². The number of nitro groups is 1. The van der Waals surface area contributed by atoms with Crippen molar-refractivity contribution < 1.29 is 19.3 Å². The Morgan fingerprint density at radius 1 is 1.63 bits per heavy atom. The molecular formula is C10H8N4O5. The van der Waals surface area contributed by atoms with Gasteiger partial charge >= 0.3 is 5.97 Å². The van der Waals surface area contributed by atoms with Gasteiger partial charge in [0.15, 0.2) is 0 Å². The van der Waals surface area contributed by atoms with Crippen molar-refractivity contribution in [1.82, 2.24) is 4.98 Å². The Labute approximate surface area is 107 Å². The van der Waals surface area contributed by atoms with E-state index in [-0.39, 0.29) is 18.2 Å². The summed E-state index contributed by atoms with van der Waals surface area (Å²) in [5, 5.41) is 22.3. The Kier molecular flexibility index (Phi) is 4.92. The van der Waals surface area contributed by atoms with Crippen molar-refractivity contribution in [2.75, 3.05) is 6.61 Å². The van der Waals surface area contributed by atoms with Gasteiger partial charge in [0.05, 0.1) is 11.5 Å². The molecular weight excluding hydrogens is 256 g/mol. The van der Waals surface area contributed by atoms with E-state index >= 15 is 0 Å². The van der Waals surface area contributed by atoms with Gasteiger partial charge in [-0.25, -0.2) is 9.78 Å². The lowest BCUT2D eigenvalue weighted by molar-refractivity contribution is -0.385. The number of pyridine rings is 1. The molecule has 1 aromatic rings. The van der Waals surface area contributed by atoms with E-state index in [9.17, 15) is 14.9 Å². The van der Waals surface area contributed by atoms with Crippen molar-refractivity contribution in [3.63, 3.8) is 0 Å². The van der Waals surface area contributed by atoms with Gasteiger partial charge in [0.25, 0.3) is 11.4 Å². The van der Waals surface area contributed by atoms with E-state index in [1.165, 1.54) is 12.1 Å². The summed E-state index contributed by atoms with van der Waals surface area (Å²) < 4.78 is 4.55. The summed E-state index contributed by atoms with van der Waals surface area (Å²) in [4.78, 5) is 29.2. The zero-order valence-corrected chi connectivity index (χ0v) is 9.77. The summed E-state index contributed by atoms with van der Waals surface area (Å²) in [7, 11) is 0. The number of aromatic nitrogens is 1. The lowest BCUT2D eigenvalue weighted by Crippen LogP contribution is -2.16. The smallest absolute Gasteiger partial charge is 0.371 e. The average molecular weight is 264 g/mol. The van der Waals surface area contributed by atoms with Gasteiger partial charge in [0, 0.05) is 12.1 Å². The highest BCUT2D eigenvalue weighted by Crippen LogP contribution is 2.13. The second-order valence-corrected chi connectivity index (χ2v) is 2.98. The van der Waals surface area contributed by atoms with E-state index < -0.39 is 16.6 Å². The zero-order chi connectivity index (χ0) is 14.3. The van der Waals surface area contributed by atoms with E-state index in [0.29, 0.717) is 0 Å². The SMILES string of the molecule is CCOC(=O)/C(C#N)=N/Oc1ccc([N+](=O)[O-])cn1. The van der Waals surface area contributed by atoms with Gasteiger partial charge in [0.2, 0.25) is 5.88 Å². The van der Waals surface area contributed by atoms with Gasteiger partial charge in [-0.3, -0.25) is 10.1 Å². The average Bonchev–Trinajstić information content (AvgIpc) is 2.40. The fraction of sp³-hybridized carbons (Fsp3) is 0.200. The second kappa shape index (κ2) is 6.65. The number of carbonyl (C=O) groups is 1. The summed E-state index contributed by atoms with van der Waals surface area (Å²) in [5.74, 6) is -1.02. The highest BCUT2D eigenvalue weighted by atomic mass is 16.6. The summed E-state index contributed by atoms with van der Waals surface area (Å²) in [6, 6.07) is 3.83. The number of nitriles is 1. The van der Waals surface area contributed by atoms with Crippen LogP contribution in [0, 0.1) is 21.4 Å². The first-order valence-corrected chi connectivity index (χ1v) is 5.01. The summed E-state index contributed by atoms with van der Waals surface area (Å²) in [6.45, 7) is 1.67. The fourth-order valence-corrected chi connectivity index (χ4v) is 0.930. The number of rotatable bonds is 5. The number of hydrogen-bond donors (Lipinski definition) is 0. The molecule has 0 N–H and O–H groups in total. The molecule has 0 amide bonds. The molecule has 0 spiro atoms. The van der Waals surface area contributed by atoms with Crippen LogP contribution in [-0.4, -0.2) is 28.2 Å². The van der Waals surface area contributed by atoms with Crippen LogP contribution in [0.1, 0.15) is 6.92 Å². The normalized spacial score (nSPS) is 10.4. The molecule has 19 heavy (non-hydrogen) atoms. The maximum Gasteiger partial charge on any atom is 0.371 e. The third kappa shape index (κ3) is 4.04. The van der Waals surface area contributed by atoms with Crippen molar-refractivity contribution in [2.24, 2.45) is 5.16 Å². The molecule has 98 valence electrons. The summed E-state index contributed by atoms with van der Waals surface area (Å²) in [6.07, 6.45) is 0.960. The summed E-state index contributed by atoms with van der Waals surface area (Å²) in [5.41, 5.74) is -0.802. The predicted octanol–water partition coefficient (Wildman–Crippen LogP) is 0.811. The maximum atomic E-state index is 11.2. The Balaban J connectivity index is 2.76. The molecule has 0 unspecified atom stereocenters. The number of hydrogen-bond acceptors (Lipinski definition) is 8. The van der Waals surface area contributed by atoms with E-state index in [0.717, 1.165) is 12.3 Å². The Morgan fingerprint density at radius 3 is 2.84 bits per heavy atom. The van der Waals surface area contributed by atoms with Crippen LogP contribution in [0.5, 0.6) is 5.88 Å². The maximum absolute atomic E-state index is 11.2. The third-order valence-electron chi connectivity index (χ3n) is 1.74. The van der Waals surface area contributed by atoms with Gasteiger partial charge in [0.1, 0.15) is 12.3 Å². The molecule has 0 aliphatic heterocycles. The number of carbonyl (C=O) groups excluding carboxylic acids is 1. The molecule has 1 heterocycles. The van der Waals surface area contributed by atoms with Gasteiger partial charge in [-0.15, -0.1) is 0 Å². The largest absolute Gasteiger partial charge is 0.461 e. The first-order valence-electron chi connectivity index (χ1n) is 5.01. The molecule has 0 aromatic carbocycles. The van der Waals surface area contributed by atoms with Crippen LogP contribution in [0.4, 0.5) is 5.69 Å². The lowest BCUT2D eigenvalue weighted by Gasteiger charge is -1.99. The molecule has 0 radical (unpaired) electrons. The van der Waals surface area contributed by atoms with Crippen LogP contribution in [0.3, 0.4) is 0 Å². The molecule has 9 nitrogen and oxygen atoms in total. The molecule has 0 saturated heterocycles. The van der Waals surface area contributed by atoms with Crippen LogP contribution < -0.4 is 4.84 Å². The van der Waals surface area contributed by atoms with Crippen LogP contribution in [-0.2, 0) is 9.53 Å². The molecule has 1 aromatic heterocycles. The van der Waals surface area contributed by atoms with Crippen molar-refractivity contribution in [3.8, 4) is 11.9 Å². The van der Waals surface area contributed by atoms with Gasteiger partial charge < -0.3 is 9.57 Å². The van der Waals surface area contributed by atoms with Crippen LogP contribution >= 0.6 is 0 Å². The van der Waals surface area contributed by atoms with Gasteiger partial charge in [-0.1, -0.05) is 5.16 Å². The highest BCUT2D eigenvalue weighted by molar-refractivity contribution is 6.42. The van der Waals surface area contributed by atoms with Crippen molar-refractivity contribution in [1.29, 1.82) is 5.26 Å². The van der Waals surface area contributed by atoms with Crippen LogP contribution in [0.2, 0.25) is 0 Å². The molecule has 0 fully saturated rings. The minimum Gasteiger partial charge on any atom is -0.461 e. The van der Waals surface area contributed by atoms with E-state index in [2.05, 4.69) is 14.9 Å². The minimum absolute atomic E-state index is 0.0926. The molecule has 0 aliphatic rings. The number of ether oxygens (including phenoxy) is 1. The summed E-state index contributed by atoms with van der Waals surface area (Å²) >= 11 is 0. The van der Waals surface area contributed by atoms with E-state index in [1.807, 2.05) is 0 Å². The van der Waals surface area contributed by atoms with Crippen molar-refractivity contribution >= 4 is 17.4 Å². The van der Waals surface area contributed by atoms with Crippen LogP contribution in [0.25, 0.3) is 0 Å². The molecule has 0 atom stereocenters. The zero-order valence-electron chi connectivity index (χ0n) is 9.77. The van der Waals surface area contributed by atoms with Gasteiger partial charge in [-0.2, -0.15) is 5.26 Å². The topological polar surface area (TPSA) is 128 Å². The van der Waals surface area contributed by atoms with E-state index in [1.54, 1.807) is 6.92 Å². The lowest BCUT2D eigenvalue weighted by atomic mass is 10.4. The Bertz CT molecular complexity index is 546. The Hall–Kier alpha value is -3.02. The van der Waals surface area contributed by atoms with E-state index in [4.69, 9.17) is 10.1 Å². The second-order valence-electron chi connectivity index (χ2n) is 2.98. The first kappa shape index (κ1) is 14.0. The standard InChI is InChI=1S/C10H8N4O5/c1-2-18-10(15)8(5-11)13-19-9-4-3-7(6-12-9)14(16)17/h3-4,6H,2H2,1H3/b13-8+. The van der Waals surface area contributed by atoms with Crippen molar-refractivity contribution in [2.45, 2.75) is 6.92 Å². The minimum atomic E-state index is -0.924. The third-order valence-corrected chi connectivity index (χ3v) is 1.74. The number of oxime groups is 1. The number of nitrogens with zero attached hydrogens (tertiary/aromatic N) is 4. The molecule has 0 aliphatic carbocycles. The number of esters is 1. The molecule has 1 rings (SSSR count). The monoisotopic (exact) mass is 264 g/mol. The molecule has 0 bridgehead atoms. The van der Waals surface area contributed by atoms with Crippen molar-refractivity contribution in [3.05, 3.63) is 28.4 Å². The predicted molar refractivity (Wildman–Crippen MR) is 61.2 cm³/mol. The van der Waals surface area contributed by atoms with Crippen LogP contribution in [0.15, 0.2) is 23.5 Å². The molecule has 0 saturated carbocycles. The first-order chi connectivity index (χ1) is 9.08. The quantitative estimate of drug-likeness (QED) is 0.333. The molecule has 9 heteroatoms. The highest BCUT2D eigenvalue weighted by Gasteiger charge is 2.13. The fourth-order valence-electron chi connectivity index (χ4n) is 0.930.